The van der Waals surface area contributed by atoms with E-state index in [0.29, 0.717) is 48.4 Å². The molecule has 0 aliphatic carbocycles. The number of ketones is 1. The van der Waals surface area contributed by atoms with E-state index in [-0.39, 0.29) is 16.6 Å². The number of amides is 1. The molecule has 0 unspecified atom stereocenters. The summed E-state index contributed by atoms with van der Waals surface area (Å²) in [6.07, 6.45) is 0.717. The second-order valence-electron chi connectivity index (χ2n) is 7.83. The number of hydrogen-bond donors (Lipinski definition) is 0. The Morgan fingerprint density at radius 2 is 1.58 bits per heavy atom. The molecule has 0 spiro atoms. The van der Waals surface area contributed by atoms with Crippen molar-refractivity contribution in [2.45, 2.75) is 25.2 Å². The van der Waals surface area contributed by atoms with Crippen molar-refractivity contribution in [2.75, 3.05) is 42.5 Å². The van der Waals surface area contributed by atoms with Gasteiger partial charge in [0.15, 0.2) is 5.78 Å². The van der Waals surface area contributed by atoms with Crippen LogP contribution in [0.25, 0.3) is 0 Å². The third-order valence-electron chi connectivity index (χ3n) is 5.90. The summed E-state index contributed by atoms with van der Waals surface area (Å²) in [7, 11) is -3.71. The zero-order valence-electron chi connectivity index (χ0n) is 17.5. The number of anilines is 2. The number of benzene rings is 2. The number of piperazine rings is 1. The van der Waals surface area contributed by atoms with Crippen molar-refractivity contribution in [3.8, 4) is 0 Å². The van der Waals surface area contributed by atoms with Crippen molar-refractivity contribution < 1.29 is 18.0 Å². The molecule has 0 aromatic heterocycles. The number of rotatable bonds is 4. The molecule has 31 heavy (non-hydrogen) atoms. The largest absolute Gasteiger partial charge is 0.369 e. The highest BCUT2D eigenvalue weighted by molar-refractivity contribution is 9.10. The lowest BCUT2D eigenvalue weighted by Gasteiger charge is -2.35. The maximum Gasteiger partial charge on any atom is 0.244 e. The number of nitrogens with zero attached hydrogens (tertiary/aromatic N) is 3. The van der Waals surface area contributed by atoms with E-state index in [1.807, 2.05) is 18.2 Å². The maximum absolute atomic E-state index is 13.4. The Morgan fingerprint density at radius 1 is 0.935 bits per heavy atom. The number of sulfonamides is 1. The molecule has 0 N–H and O–H groups in total. The van der Waals surface area contributed by atoms with Crippen LogP contribution in [0.1, 0.15) is 29.8 Å². The van der Waals surface area contributed by atoms with Gasteiger partial charge in [0, 0.05) is 61.1 Å². The molecule has 0 radical (unpaired) electrons. The second kappa shape index (κ2) is 8.37. The van der Waals surface area contributed by atoms with E-state index < -0.39 is 10.0 Å². The molecule has 1 amide bonds. The van der Waals surface area contributed by atoms with E-state index in [0.717, 1.165) is 17.7 Å². The number of Topliss-reactive ketones (excluding diaryl/α,β-unsaturated/α-hetero) is 1. The minimum absolute atomic E-state index is 0.0192. The Hall–Kier alpha value is -2.23. The van der Waals surface area contributed by atoms with Crippen LogP contribution in [0.5, 0.6) is 0 Å². The molecule has 2 aromatic carbocycles. The molecular weight excluding hydrogens is 482 g/mol. The fraction of sp³-hybridized carbons (Fsp3) is 0.364. The van der Waals surface area contributed by atoms with E-state index in [4.69, 9.17) is 0 Å². The molecule has 4 rings (SSSR count). The molecule has 0 atom stereocenters. The van der Waals surface area contributed by atoms with Crippen molar-refractivity contribution in [1.82, 2.24) is 4.31 Å². The van der Waals surface area contributed by atoms with Crippen molar-refractivity contribution in [3.05, 3.63) is 52.0 Å². The maximum atomic E-state index is 13.4. The summed E-state index contributed by atoms with van der Waals surface area (Å²) in [5, 5.41) is 0. The van der Waals surface area contributed by atoms with E-state index in [1.54, 1.807) is 23.1 Å². The van der Waals surface area contributed by atoms with Gasteiger partial charge in [0.05, 0.1) is 4.90 Å². The average Bonchev–Trinajstić information content (AvgIpc) is 3.16. The number of hydrogen-bond acceptors (Lipinski definition) is 5. The van der Waals surface area contributed by atoms with Crippen LogP contribution in [0, 0.1) is 0 Å². The Bertz CT molecular complexity index is 1140. The highest BCUT2D eigenvalue weighted by Gasteiger charge is 2.33. The van der Waals surface area contributed by atoms with Gasteiger partial charge in [-0.25, -0.2) is 8.42 Å². The first-order valence-corrected chi connectivity index (χ1v) is 12.4. The summed E-state index contributed by atoms with van der Waals surface area (Å²) in [4.78, 5) is 27.3. The molecule has 164 valence electrons. The van der Waals surface area contributed by atoms with E-state index in [1.165, 1.54) is 18.2 Å². The predicted molar refractivity (Wildman–Crippen MR) is 123 cm³/mol. The Kier molecular flexibility index (Phi) is 5.93. The third kappa shape index (κ3) is 4.14. The summed E-state index contributed by atoms with van der Waals surface area (Å²) in [5.41, 5.74) is 3.28. The van der Waals surface area contributed by atoms with Crippen LogP contribution in [-0.2, 0) is 21.2 Å². The lowest BCUT2D eigenvalue weighted by molar-refractivity contribution is -0.116. The van der Waals surface area contributed by atoms with Gasteiger partial charge in [-0.05, 0) is 71.2 Å². The highest BCUT2D eigenvalue weighted by atomic mass is 79.9. The predicted octanol–water partition coefficient (Wildman–Crippen LogP) is 3.07. The van der Waals surface area contributed by atoms with Gasteiger partial charge in [0.25, 0.3) is 0 Å². The lowest BCUT2D eigenvalue weighted by atomic mass is 10.1. The van der Waals surface area contributed by atoms with Crippen LogP contribution < -0.4 is 9.80 Å². The Labute approximate surface area is 190 Å². The zero-order valence-corrected chi connectivity index (χ0v) is 19.9. The van der Waals surface area contributed by atoms with Gasteiger partial charge >= 0.3 is 0 Å². The molecule has 1 saturated heterocycles. The van der Waals surface area contributed by atoms with Gasteiger partial charge in [-0.15, -0.1) is 0 Å². The van der Waals surface area contributed by atoms with Gasteiger partial charge < -0.3 is 9.80 Å². The second-order valence-corrected chi connectivity index (χ2v) is 10.6. The van der Waals surface area contributed by atoms with Gasteiger partial charge in [-0.2, -0.15) is 4.31 Å². The van der Waals surface area contributed by atoms with Gasteiger partial charge in [0.1, 0.15) is 0 Å². The first-order valence-electron chi connectivity index (χ1n) is 10.1. The smallest absolute Gasteiger partial charge is 0.244 e. The quantitative estimate of drug-likeness (QED) is 0.596. The van der Waals surface area contributed by atoms with E-state index >= 15 is 0 Å². The standard InChI is InChI=1S/C22H24BrN3O4S/c1-15(27)17-3-5-19(6-4-17)24-9-11-25(12-10-24)31(29,30)22-14-21-18(13-20(22)23)7-8-26(21)16(2)28/h3-6,13-14H,7-12H2,1-2H3. The van der Waals surface area contributed by atoms with Gasteiger partial charge in [-0.3, -0.25) is 9.59 Å². The minimum atomic E-state index is -3.71. The molecule has 2 aromatic rings. The minimum Gasteiger partial charge on any atom is -0.369 e. The molecule has 2 aliphatic heterocycles. The molecule has 7 nitrogen and oxygen atoms in total. The number of carbonyl (C=O) groups excluding carboxylic acids is 2. The Morgan fingerprint density at radius 3 is 2.16 bits per heavy atom. The van der Waals surface area contributed by atoms with Crippen molar-refractivity contribution in [1.29, 1.82) is 0 Å². The molecular formula is C22H24BrN3O4S. The molecule has 1 fully saturated rings. The summed E-state index contributed by atoms with van der Waals surface area (Å²) in [5.74, 6) is -0.0699. The van der Waals surface area contributed by atoms with Crippen LogP contribution in [0.2, 0.25) is 0 Å². The third-order valence-corrected chi connectivity index (χ3v) is 8.76. The lowest BCUT2D eigenvalue weighted by Crippen LogP contribution is -2.48. The molecule has 9 heteroatoms. The highest BCUT2D eigenvalue weighted by Crippen LogP contribution is 2.36. The summed E-state index contributed by atoms with van der Waals surface area (Å²) >= 11 is 3.43. The topological polar surface area (TPSA) is 78.0 Å². The van der Waals surface area contributed by atoms with Crippen molar-refractivity contribution in [3.63, 3.8) is 0 Å². The number of halogens is 1. The number of carbonyl (C=O) groups is 2. The molecule has 0 bridgehead atoms. The molecule has 2 aliphatic rings. The first-order chi connectivity index (χ1) is 14.7. The molecule has 2 heterocycles. The Balaban J connectivity index is 1.53. The van der Waals surface area contributed by atoms with Crippen LogP contribution in [-0.4, -0.2) is 57.1 Å². The summed E-state index contributed by atoms with van der Waals surface area (Å²) in [6.45, 7) is 5.43. The zero-order chi connectivity index (χ0) is 22.3. The van der Waals surface area contributed by atoms with Crippen LogP contribution in [0.15, 0.2) is 45.8 Å². The fourth-order valence-corrected chi connectivity index (χ4v) is 6.64. The first kappa shape index (κ1) is 22.0. The van der Waals surface area contributed by atoms with Crippen LogP contribution in [0.3, 0.4) is 0 Å². The monoisotopic (exact) mass is 505 g/mol. The fourth-order valence-electron chi connectivity index (χ4n) is 4.15. The van der Waals surface area contributed by atoms with Crippen LogP contribution >= 0.6 is 15.9 Å². The summed E-state index contributed by atoms with van der Waals surface area (Å²) < 4.78 is 28.8. The van der Waals surface area contributed by atoms with Gasteiger partial charge in [-0.1, -0.05) is 0 Å². The number of fused-ring (bicyclic) bond motifs is 1. The van der Waals surface area contributed by atoms with Gasteiger partial charge in [0.2, 0.25) is 15.9 Å². The average molecular weight is 506 g/mol. The van der Waals surface area contributed by atoms with E-state index in [9.17, 15) is 18.0 Å². The van der Waals surface area contributed by atoms with Crippen LogP contribution in [0.4, 0.5) is 11.4 Å². The normalized spacial score (nSPS) is 17.0. The van der Waals surface area contributed by atoms with Crippen molar-refractivity contribution in [2.24, 2.45) is 0 Å². The molecule has 0 saturated carbocycles. The van der Waals surface area contributed by atoms with Crippen molar-refractivity contribution >= 4 is 49.0 Å². The van der Waals surface area contributed by atoms with E-state index in [2.05, 4.69) is 20.8 Å². The SMILES string of the molecule is CC(=O)c1ccc(N2CCN(S(=O)(=O)c3cc4c(cc3Br)CCN4C(C)=O)CC2)cc1. The summed E-state index contributed by atoms with van der Waals surface area (Å²) in [6, 6.07) is 10.8.